The first kappa shape index (κ1) is 14.1. The van der Waals surface area contributed by atoms with Gasteiger partial charge in [-0.25, -0.2) is 4.39 Å². The Morgan fingerprint density at radius 2 is 1.81 bits per heavy atom. The number of hydrogen-bond donors (Lipinski definition) is 0. The molecule has 0 N–H and O–H groups in total. The highest BCUT2D eigenvalue weighted by Gasteiger charge is 2.27. The van der Waals surface area contributed by atoms with Crippen molar-refractivity contribution in [3.05, 3.63) is 58.3 Å². The Hall–Kier alpha value is -1.88. The number of carbonyl (C=O) groups is 1. The molecule has 0 atom stereocenters. The number of carbonyl (C=O) groups excluding carboxylic acids is 1. The standard InChI is InChI=1S/C16H14BrFN2O/c1-19-9-10-20(14-8-3-2-7-13(14)19)16(21)11-5-4-6-12(18)15(11)17/h2-8H,9-10H2,1H3. The highest BCUT2D eigenvalue weighted by atomic mass is 79.9. The molecule has 0 radical (unpaired) electrons. The number of likely N-dealkylation sites (N-methyl/N-ethyl adjacent to an activating group) is 1. The third kappa shape index (κ3) is 2.42. The zero-order chi connectivity index (χ0) is 15.0. The van der Waals surface area contributed by atoms with Crippen molar-refractivity contribution in [2.75, 3.05) is 29.9 Å². The quantitative estimate of drug-likeness (QED) is 0.784. The van der Waals surface area contributed by atoms with Gasteiger partial charge in [-0.3, -0.25) is 4.79 Å². The summed E-state index contributed by atoms with van der Waals surface area (Å²) in [6.07, 6.45) is 0. The van der Waals surface area contributed by atoms with Crippen molar-refractivity contribution in [3.8, 4) is 0 Å². The van der Waals surface area contributed by atoms with E-state index in [0.717, 1.165) is 17.9 Å². The van der Waals surface area contributed by atoms with Crippen LogP contribution in [0.25, 0.3) is 0 Å². The molecule has 1 amide bonds. The molecular formula is C16H14BrFN2O. The van der Waals surface area contributed by atoms with Gasteiger partial charge in [0.25, 0.3) is 5.91 Å². The van der Waals surface area contributed by atoms with Crippen molar-refractivity contribution >= 4 is 33.2 Å². The fourth-order valence-corrected chi connectivity index (χ4v) is 2.97. The summed E-state index contributed by atoms with van der Waals surface area (Å²) in [6.45, 7) is 1.32. The van der Waals surface area contributed by atoms with Crippen LogP contribution in [0.5, 0.6) is 0 Å². The van der Waals surface area contributed by atoms with Crippen LogP contribution in [0.4, 0.5) is 15.8 Å². The van der Waals surface area contributed by atoms with Crippen molar-refractivity contribution in [2.45, 2.75) is 0 Å². The summed E-state index contributed by atoms with van der Waals surface area (Å²) in [5.74, 6) is -0.620. The lowest BCUT2D eigenvalue weighted by atomic mass is 10.1. The van der Waals surface area contributed by atoms with Crippen LogP contribution >= 0.6 is 15.9 Å². The first-order chi connectivity index (χ1) is 10.1. The summed E-state index contributed by atoms with van der Waals surface area (Å²) < 4.78 is 13.9. The summed E-state index contributed by atoms with van der Waals surface area (Å²) in [6, 6.07) is 12.3. The highest BCUT2D eigenvalue weighted by molar-refractivity contribution is 9.10. The number of rotatable bonds is 1. The van der Waals surface area contributed by atoms with Crippen LogP contribution in [0, 0.1) is 5.82 Å². The predicted octanol–water partition coefficient (Wildman–Crippen LogP) is 3.68. The summed E-state index contributed by atoms with van der Waals surface area (Å²) in [5.41, 5.74) is 2.20. The summed E-state index contributed by atoms with van der Waals surface area (Å²) in [4.78, 5) is 16.6. The minimum atomic E-state index is -0.428. The van der Waals surface area contributed by atoms with Gasteiger partial charge in [0, 0.05) is 20.1 Å². The fourth-order valence-electron chi connectivity index (χ4n) is 2.53. The number of hydrogen-bond acceptors (Lipinski definition) is 2. The van der Waals surface area contributed by atoms with Gasteiger partial charge in [-0.05, 0) is 40.2 Å². The largest absolute Gasteiger partial charge is 0.371 e. The predicted molar refractivity (Wildman–Crippen MR) is 85.5 cm³/mol. The molecule has 1 aliphatic heterocycles. The average molecular weight is 349 g/mol. The van der Waals surface area contributed by atoms with Gasteiger partial charge in [-0.2, -0.15) is 0 Å². The molecule has 5 heteroatoms. The van der Waals surface area contributed by atoms with E-state index in [0.29, 0.717) is 12.1 Å². The molecular weight excluding hydrogens is 335 g/mol. The van der Waals surface area contributed by atoms with E-state index in [1.54, 1.807) is 17.0 Å². The van der Waals surface area contributed by atoms with Gasteiger partial charge in [-0.1, -0.05) is 18.2 Å². The smallest absolute Gasteiger partial charge is 0.259 e. The van der Waals surface area contributed by atoms with Gasteiger partial charge in [0.05, 0.1) is 21.4 Å². The van der Waals surface area contributed by atoms with Gasteiger partial charge >= 0.3 is 0 Å². The summed E-state index contributed by atoms with van der Waals surface area (Å²) in [5, 5.41) is 0. The second kappa shape index (κ2) is 5.48. The number of anilines is 2. The third-order valence-corrected chi connectivity index (χ3v) is 4.48. The lowest BCUT2D eigenvalue weighted by Crippen LogP contribution is -2.42. The van der Waals surface area contributed by atoms with Crippen molar-refractivity contribution in [1.29, 1.82) is 0 Å². The van der Waals surface area contributed by atoms with Gasteiger partial charge in [0.1, 0.15) is 5.82 Å². The zero-order valence-corrected chi connectivity index (χ0v) is 13.1. The van der Waals surface area contributed by atoms with Gasteiger partial charge < -0.3 is 9.80 Å². The average Bonchev–Trinajstić information content (AvgIpc) is 2.50. The molecule has 0 fully saturated rings. The Morgan fingerprint density at radius 3 is 2.57 bits per heavy atom. The molecule has 0 aromatic heterocycles. The number of nitrogens with zero attached hydrogens (tertiary/aromatic N) is 2. The van der Waals surface area contributed by atoms with E-state index < -0.39 is 5.82 Å². The van der Waals surface area contributed by atoms with E-state index in [4.69, 9.17) is 0 Å². The normalized spacial score (nSPS) is 14.0. The molecule has 21 heavy (non-hydrogen) atoms. The second-order valence-corrected chi connectivity index (χ2v) is 5.76. The lowest BCUT2D eigenvalue weighted by molar-refractivity contribution is 0.0985. The van der Waals surface area contributed by atoms with Crippen LogP contribution in [-0.2, 0) is 0 Å². The molecule has 1 aliphatic rings. The van der Waals surface area contributed by atoms with Crippen LogP contribution in [-0.4, -0.2) is 26.0 Å². The molecule has 3 nitrogen and oxygen atoms in total. The van der Waals surface area contributed by atoms with E-state index in [9.17, 15) is 9.18 Å². The summed E-state index contributed by atoms with van der Waals surface area (Å²) >= 11 is 3.17. The van der Waals surface area contributed by atoms with E-state index in [2.05, 4.69) is 20.8 Å². The molecule has 0 saturated heterocycles. The monoisotopic (exact) mass is 348 g/mol. The van der Waals surface area contributed by atoms with Crippen LogP contribution in [0.2, 0.25) is 0 Å². The molecule has 0 bridgehead atoms. The molecule has 0 spiro atoms. The maximum Gasteiger partial charge on any atom is 0.259 e. The number of amides is 1. The number of fused-ring (bicyclic) bond motifs is 1. The topological polar surface area (TPSA) is 23.6 Å². The molecule has 3 rings (SSSR count). The Balaban J connectivity index is 2.03. The first-order valence-corrected chi connectivity index (χ1v) is 7.45. The molecule has 0 saturated carbocycles. The van der Waals surface area contributed by atoms with Gasteiger partial charge in [0.2, 0.25) is 0 Å². The number of para-hydroxylation sites is 2. The SMILES string of the molecule is CN1CCN(C(=O)c2cccc(F)c2Br)c2ccccc21. The first-order valence-electron chi connectivity index (χ1n) is 6.65. The third-order valence-electron chi connectivity index (χ3n) is 3.67. The van der Waals surface area contributed by atoms with E-state index >= 15 is 0 Å². The van der Waals surface area contributed by atoms with Crippen LogP contribution < -0.4 is 9.80 Å². The molecule has 2 aromatic rings. The van der Waals surface area contributed by atoms with Crippen molar-refractivity contribution in [1.82, 2.24) is 0 Å². The van der Waals surface area contributed by atoms with Crippen molar-refractivity contribution in [2.24, 2.45) is 0 Å². The second-order valence-electron chi connectivity index (χ2n) is 4.97. The molecule has 2 aromatic carbocycles. The maximum atomic E-state index is 13.6. The minimum absolute atomic E-state index is 0.193. The fraction of sp³-hybridized carbons (Fsp3) is 0.188. The van der Waals surface area contributed by atoms with E-state index in [1.807, 2.05) is 31.3 Å². The Labute approximate surface area is 131 Å². The van der Waals surface area contributed by atoms with Crippen LogP contribution in [0.15, 0.2) is 46.9 Å². The minimum Gasteiger partial charge on any atom is -0.371 e. The molecule has 0 unspecified atom stereocenters. The zero-order valence-electron chi connectivity index (χ0n) is 11.5. The molecule has 0 aliphatic carbocycles. The summed E-state index contributed by atoms with van der Waals surface area (Å²) in [7, 11) is 2.00. The Bertz CT molecular complexity index is 704. The van der Waals surface area contributed by atoms with E-state index in [1.165, 1.54) is 6.07 Å². The van der Waals surface area contributed by atoms with Crippen molar-refractivity contribution < 1.29 is 9.18 Å². The number of halogens is 2. The Morgan fingerprint density at radius 1 is 1.10 bits per heavy atom. The van der Waals surface area contributed by atoms with Gasteiger partial charge in [-0.15, -0.1) is 0 Å². The van der Waals surface area contributed by atoms with Crippen LogP contribution in [0.1, 0.15) is 10.4 Å². The number of benzene rings is 2. The lowest BCUT2D eigenvalue weighted by Gasteiger charge is -2.35. The van der Waals surface area contributed by atoms with Crippen LogP contribution in [0.3, 0.4) is 0 Å². The van der Waals surface area contributed by atoms with Crippen molar-refractivity contribution in [3.63, 3.8) is 0 Å². The maximum absolute atomic E-state index is 13.6. The van der Waals surface area contributed by atoms with E-state index in [-0.39, 0.29) is 10.4 Å². The highest BCUT2D eigenvalue weighted by Crippen LogP contribution is 2.33. The Kier molecular flexibility index (Phi) is 3.68. The van der Waals surface area contributed by atoms with Gasteiger partial charge in [0.15, 0.2) is 0 Å². The molecule has 108 valence electrons. The molecule has 1 heterocycles.